The number of halogens is 2. The van der Waals surface area contributed by atoms with Crippen LogP contribution in [0.2, 0.25) is 5.02 Å². The number of carbonyl (C=O) groups is 1. The van der Waals surface area contributed by atoms with Crippen molar-refractivity contribution in [2.24, 2.45) is 0 Å². The van der Waals surface area contributed by atoms with Crippen LogP contribution in [0.25, 0.3) is 0 Å². The highest BCUT2D eigenvalue weighted by Gasteiger charge is 2.42. The van der Waals surface area contributed by atoms with Gasteiger partial charge in [-0.3, -0.25) is 4.79 Å². The lowest BCUT2D eigenvalue weighted by atomic mass is 10.0. The molecule has 2 fully saturated rings. The van der Waals surface area contributed by atoms with Gasteiger partial charge in [0.05, 0.1) is 9.92 Å². The molecule has 1 N–H and O–H groups in total. The highest BCUT2D eigenvalue weighted by molar-refractivity contribution is 7.99. The summed E-state index contributed by atoms with van der Waals surface area (Å²) in [6.45, 7) is 0.0120. The number of thioether (sulfide) groups is 1. The zero-order chi connectivity index (χ0) is 18.9. The molecule has 3 rings (SSSR count). The third-order valence-corrected chi connectivity index (χ3v) is 7.94. The van der Waals surface area contributed by atoms with Crippen molar-refractivity contribution in [3.63, 3.8) is 0 Å². The Kier molecular flexibility index (Phi) is 6.16. The molecule has 1 aromatic rings. The maximum Gasteiger partial charge on any atom is 0.240 e. The fourth-order valence-electron chi connectivity index (χ4n) is 3.88. The third kappa shape index (κ3) is 4.18. The van der Waals surface area contributed by atoms with Crippen LogP contribution >= 0.6 is 23.4 Å². The summed E-state index contributed by atoms with van der Waals surface area (Å²) in [4.78, 5) is 14.4. The monoisotopic (exact) mass is 420 g/mol. The summed E-state index contributed by atoms with van der Waals surface area (Å²) in [5.41, 5.74) is 0. The first-order valence-corrected chi connectivity index (χ1v) is 11.8. The summed E-state index contributed by atoms with van der Waals surface area (Å²) in [7, 11) is -3.83. The summed E-state index contributed by atoms with van der Waals surface area (Å²) < 4.78 is 40.1. The molecule has 0 radical (unpaired) electrons. The van der Waals surface area contributed by atoms with E-state index in [1.54, 1.807) is 0 Å². The van der Waals surface area contributed by atoms with E-state index in [1.807, 2.05) is 16.7 Å². The highest BCUT2D eigenvalue weighted by Crippen LogP contribution is 2.39. The Labute approximate surface area is 162 Å². The van der Waals surface area contributed by atoms with Gasteiger partial charge >= 0.3 is 0 Å². The number of benzene rings is 1. The van der Waals surface area contributed by atoms with E-state index in [0.29, 0.717) is 5.25 Å². The largest absolute Gasteiger partial charge is 0.337 e. The van der Waals surface area contributed by atoms with Gasteiger partial charge in [-0.15, -0.1) is 0 Å². The average Bonchev–Trinajstić information content (AvgIpc) is 2.87. The lowest BCUT2D eigenvalue weighted by molar-refractivity contribution is -0.135. The van der Waals surface area contributed by atoms with E-state index in [9.17, 15) is 17.6 Å². The molecule has 2 aliphatic heterocycles. The Morgan fingerprint density at radius 2 is 2.00 bits per heavy atom. The molecular weight excluding hydrogens is 399 g/mol. The van der Waals surface area contributed by atoms with Gasteiger partial charge in [-0.05, 0) is 50.1 Å². The van der Waals surface area contributed by atoms with Gasteiger partial charge in [-0.25, -0.2) is 17.5 Å². The molecule has 0 aliphatic carbocycles. The summed E-state index contributed by atoms with van der Waals surface area (Å²) in [5.74, 6) is -0.679. The molecule has 0 saturated carbocycles. The third-order valence-electron chi connectivity index (χ3n) is 5.14. The van der Waals surface area contributed by atoms with E-state index in [2.05, 4.69) is 11.0 Å². The molecule has 26 heavy (non-hydrogen) atoms. The molecule has 2 atom stereocenters. The molecule has 2 heterocycles. The first-order valence-electron chi connectivity index (χ1n) is 8.60. The van der Waals surface area contributed by atoms with E-state index in [0.717, 1.165) is 43.9 Å². The van der Waals surface area contributed by atoms with Crippen LogP contribution in [0.3, 0.4) is 0 Å². The summed E-state index contributed by atoms with van der Waals surface area (Å²) >= 11 is 7.50. The number of carbonyl (C=O) groups excluding carboxylic acids is 1. The number of piperidine rings is 1. The second-order valence-corrected chi connectivity index (χ2v) is 10.1. The quantitative estimate of drug-likeness (QED) is 0.768. The van der Waals surface area contributed by atoms with Gasteiger partial charge in [0.25, 0.3) is 0 Å². The minimum Gasteiger partial charge on any atom is -0.337 e. The fraction of sp³-hybridized carbons (Fsp3) is 0.588. The number of nitrogens with zero attached hydrogens (tertiary/aromatic N) is 1. The number of hydrogen-bond donors (Lipinski definition) is 1. The number of nitrogens with one attached hydrogen (secondary N) is 1. The predicted octanol–water partition coefficient (Wildman–Crippen LogP) is 3.03. The van der Waals surface area contributed by atoms with Gasteiger partial charge in [0.2, 0.25) is 15.9 Å². The van der Waals surface area contributed by atoms with Crippen LogP contribution in [0.5, 0.6) is 0 Å². The molecule has 5 nitrogen and oxygen atoms in total. The second kappa shape index (κ2) is 8.04. The van der Waals surface area contributed by atoms with Crippen molar-refractivity contribution < 1.29 is 17.6 Å². The minimum absolute atomic E-state index is 0.00288. The van der Waals surface area contributed by atoms with E-state index >= 15 is 0 Å². The standard InChI is InChI=1S/C17H22ClFN2O3S2/c1-25-13-8-11-2-3-12(9-13)21(11)17(22)6-7-20-26(23,24)14-4-5-16(19)15(18)10-14/h4-5,10-13,20H,2-3,6-9H2,1H3. The second-order valence-electron chi connectivity index (χ2n) is 6.74. The van der Waals surface area contributed by atoms with Gasteiger partial charge in [0.1, 0.15) is 5.82 Å². The molecular formula is C17H22ClFN2O3S2. The van der Waals surface area contributed by atoms with Crippen LogP contribution in [0.1, 0.15) is 32.1 Å². The van der Waals surface area contributed by atoms with E-state index in [-0.39, 0.29) is 40.9 Å². The van der Waals surface area contributed by atoms with Gasteiger partial charge in [-0.1, -0.05) is 11.6 Å². The number of rotatable bonds is 6. The fourth-order valence-corrected chi connectivity index (χ4v) is 6.01. The molecule has 2 unspecified atom stereocenters. The molecule has 0 spiro atoms. The van der Waals surface area contributed by atoms with Crippen LogP contribution < -0.4 is 4.72 Å². The van der Waals surface area contributed by atoms with Gasteiger partial charge < -0.3 is 4.90 Å². The van der Waals surface area contributed by atoms with Crippen molar-refractivity contribution >= 4 is 39.3 Å². The van der Waals surface area contributed by atoms with E-state index in [4.69, 9.17) is 11.6 Å². The van der Waals surface area contributed by atoms with Crippen LogP contribution in [0.15, 0.2) is 23.1 Å². The van der Waals surface area contributed by atoms with Crippen LogP contribution in [-0.4, -0.2) is 49.4 Å². The molecule has 9 heteroatoms. The number of fused-ring (bicyclic) bond motifs is 2. The van der Waals surface area contributed by atoms with E-state index in [1.165, 1.54) is 0 Å². The summed E-state index contributed by atoms with van der Waals surface area (Å²) in [5, 5.41) is 0.357. The minimum atomic E-state index is -3.83. The lowest BCUT2D eigenvalue weighted by Crippen LogP contribution is -2.48. The molecule has 2 bridgehead atoms. The Morgan fingerprint density at radius 1 is 1.35 bits per heavy atom. The topological polar surface area (TPSA) is 66.5 Å². The van der Waals surface area contributed by atoms with Crippen molar-refractivity contribution in [1.29, 1.82) is 0 Å². The van der Waals surface area contributed by atoms with Crippen LogP contribution in [-0.2, 0) is 14.8 Å². The van der Waals surface area contributed by atoms with Gasteiger partial charge in [-0.2, -0.15) is 11.8 Å². The SMILES string of the molecule is CSC1CC2CCC(C1)N2C(=O)CCNS(=O)(=O)c1ccc(F)c(Cl)c1. The zero-order valence-corrected chi connectivity index (χ0v) is 16.8. The van der Waals surface area contributed by atoms with Gasteiger partial charge in [0, 0.05) is 30.3 Å². The van der Waals surface area contributed by atoms with Crippen molar-refractivity contribution in [3.05, 3.63) is 29.0 Å². The van der Waals surface area contributed by atoms with Crippen molar-refractivity contribution in [1.82, 2.24) is 9.62 Å². The number of amides is 1. The first-order chi connectivity index (χ1) is 12.3. The maximum atomic E-state index is 13.2. The molecule has 1 aromatic carbocycles. The number of hydrogen-bond acceptors (Lipinski definition) is 4. The van der Waals surface area contributed by atoms with Crippen molar-refractivity contribution in [2.75, 3.05) is 12.8 Å². The average molecular weight is 421 g/mol. The lowest BCUT2D eigenvalue weighted by Gasteiger charge is -2.38. The van der Waals surface area contributed by atoms with Crippen LogP contribution in [0.4, 0.5) is 4.39 Å². The Bertz CT molecular complexity index is 776. The maximum absolute atomic E-state index is 13.2. The molecule has 2 aliphatic rings. The normalized spacial score (nSPS) is 25.5. The Balaban J connectivity index is 1.56. The molecule has 0 aromatic heterocycles. The zero-order valence-electron chi connectivity index (χ0n) is 14.5. The summed E-state index contributed by atoms with van der Waals surface area (Å²) in [6.07, 6.45) is 6.33. The molecule has 1 amide bonds. The molecule has 144 valence electrons. The molecule has 2 saturated heterocycles. The van der Waals surface area contributed by atoms with Crippen molar-refractivity contribution in [2.45, 2.75) is 54.3 Å². The predicted molar refractivity (Wildman–Crippen MR) is 101 cm³/mol. The first kappa shape index (κ1) is 19.9. The van der Waals surface area contributed by atoms with Crippen molar-refractivity contribution in [3.8, 4) is 0 Å². The number of sulfonamides is 1. The Morgan fingerprint density at radius 3 is 2.58 bits per heavy atom. The van der Waals surface area contributed by atoms with Crippen LogP contribution in [0, 0.1) is 5.82 Å². The summed E-state index contributed by atoms with van der Waals surface area (Å²) in [6, 6.07) is 3.79. The highest BCUT2D eigenvalue weighted by atomic mass is 35.5. The van der Waals surface area contributed by atoms with Gasteiger partial charge in [0.15, 0.2) is 0 Å². The van der Waals surface area contributed by atoms with E-state index < -0.39 is 15.8 Å². The Hall–Kier alpha value is -0.830. The smallest absolute Gasteiger partial charge is 0.240 e.